The molecule has 0 saturated carbocycles. The molecule has 2 aromatic heterocycles. The normalized spacial score (nSPS) is 10.4. The molecule has 7 heteroatoms. The van der Waals surface area contributed by atoms with Gasteiger partial charge in [0, 0.05) is 23.1 Å². The summed E-state index contributed by atoms with van der Waals surface area (Å²) in [6.45, 7) is 1.97. The number of hydrogen-bond donors (Lipinski definition) is 2. The lowest BCUT2D eigenvalue weighted by Gasteiger charge is -2.05. The highest BCUT2D eigenvalue weighted by Crippen LogP contribution is 2.26. The molecule has 1 aromatic carbocycles. The minimum absolute atomic E-state index is 0.00633. The molecule has 0 aliphatic carbocycles. The minimum atomic E-state index is -0.333. The maximum atomic E-state index is 11.9. The lowest BCUT2D eigenvalue weighted by molar-refractivity contribution is -0.116. The number of hydrogen-bond acceptors (Lipinski definition) is 5. The Hall–Kier alpha value is -2.93. The van der Waals surface area contributed by atoms with Gasteiger partial charge in [-0.15, -0.1) is 11.3 Å². The van der Waals surface area contributed by atoms with Crippen molar-refractivity contribution in [3.63, 3.8) is 0 Å². The van der Waals surface area contributed by atoms with Crippen LogP contribution in [0.5, 0.6) is 0 Å². The first kappa shape index (κ1) is 16.9. The van der Waals surface area contributed by atoms with Crippen LogP contribution in [0.3, 0.4) is 0 Å². The van der Waals surface area contributed by atoms with E-state index >= 15 is 0 Å². The fourth-order valence-corrected chi connectivity index (χ4v) is 2.92. The molecule has 0 radical (unpaired) electrons. The third-order valence-electron chi connectivity index (χ3n) is 3.41. The molecule has 0 unspecified atom stereocenters. The smallest absolute Gasteiger partial charge is 0.293 e. The van der Waals surface area contributed by atoms with E-state index in [-0.39, 0.29) is 17.6 Å². The van der Waals surface area contributed by atoms with Gasteiger partial charge in [0.2, 0.25) is 5.91 Å². The summed E-state index contributed by atoms with van der Waals surface area (Å²) in [5.74, 6) is -0.0874. The fraction of sp³-hybridized carbons (Fsp3) is 0.167. The Morgan fingerprint density at radius 2 is 1.96 bits per heavy atom. The van der Waals surface area contributed by atoms with E-state index in [1.807, 2.05) is 36.6 Å². The van der Waals surface area contributed by atoms with E-state index in [0.717, 1.165) is 23.4 Å². The summed E-state index contributed by atoms with van der Waals surface area (Å²) in [4.78, 5) is 28.0. The van der Waals surface area contributed by atoms with Crippen molar-refractivity contribution >= 4 is 34.0 Å². The molecule has 0 saturated heterocycles. The second kappa shape index (κ2) is 7.76. The van der Waals surface area contributed by atoms with Crippen LogP contribution >= 0.6 is 11.3 Å². The number of carbonyl (C=O) groups excluding carboxylic acids is 2. The summed E-state index contributed by atoms with van der Waals surface area (Å²) >= 11 is 1.34. The minimum Gasteiger partial charge on any atom is -0.459 e. The Morgan fingerprint density at radius 3 is 2.64 bits per heavy atom. The van der Waals surface area contributed by atoms with Crippen LogP contribution in [0.15, 0.2) is 52.5 Å². The van der Waals surface area contributed by atoms with Crippen LogP contribution in [0.1, 0.15) is 30.3 Å². The molecular weight excluding hydrogens is 338 g/mol. The molecule has 0 aliphatic rings. The van der Waals surface area contributed by atoms with Crippen molar-refractivity contribution in [2.75, 3.05) is 10.6 Å². The highest BCUT2D eigenvalue weighted by Gasteiger charge is 2.12. The van der Waals surface area contributed by atoms with Crippen molar-refractivity contribution in [3.8, 4) is 11.3 Å². The lowest BCUT2D eigenvalue weighted by atomic mass is 10.1. The van der Waals surface area contributed by atoms with Crippen molar-refractivity contribution in [3.05, 3.63) is 53.8 Å². The Kier molecular flexibility index (Phi) is 5.25. The molecule has 0 aliphatic heterocycles. The molecule has 0 bridgehead atoms. The number of thiazole rings is 1. The zero-order valence-electron chi connectivity index (χ0n) is 13.6. The Bertz CT molecular complexity index is 854. The molecule has 0 fully saturated rings. The van der Waals surface area contributed by atoms with Crippen molar-refractivity contribution < 1.29 is 14.0 Å². The van der Waals surface area contributed by atoms with Crippen LogP contribution in [0.25, 0.3) is 11.3 Å². The number of furan rings is 1. The molecule has 128 valence electrons. The third kappa shape index (κ3) is 4.33. The van der Waals surface area contributed by atoms with Gasteiger partial charge >= 0.3 is 0 Å². The molecule has 3 rings (SSSR count). The summed E-state index contributed by atoms with van der Waals surface area (Å²) in [6.07, 6.45) is 2.77. The van der Waals surface area contributed by atoms with Gasteiger partial charge in [-0.1, -0.05) is 19.1 Å². The summed E-state index contributed by atoms with van der Waals surface area (Å²) in [5, 5.41) is 7.91. The Balaban J connectivity index is 1.65. The average Bonchev–Trinajstić information content (AvgIpc) is 3.27. The predicted octanol–water partition coefficient (Wildman–Crippen LogP) is 4.39. The quantitative estimate of drug-likeness (QED) is 0.686. The highest BCUT2D eigenvalue weighted by atomic mass is 32.1. The zero-order valence-corrected chi connectivity index (χ0v) is 14.4. The van der Waals surface area contributed by atoms with E-state index in [4.69, 9.17) is 4.42 Å². The molecule has 2 heterocycles. The maximum Gasteiger partial charge on any atom is 0.293 e. The van der Waals surface area contributed by atoms with Gasteiger partial charge in [-0.3, -0.25) is 14.9 Å². The van der Waals surface area contributed by atoms with E-state index in [1.54, 1.807) is 12.1 Å². The van der Waals surface area contributed by atoms with Crippen molar-refractivity contribution in [2.24, 2.45) is 0 Å². The number of nitrogens with one attached hydrogen (secondary N) is 2. The van der Waals surface area contributed by atoms with Gasteiger partial charge < -0.3 is 9.73 Å². The first-order valence-corrected chi connectivity index (χ1v) is 8.74. The third-order valence-corrected chi connectivity index (χ3v) is 4.17. The van der Waals surface area contributed by atoms with Crippen LogP contribution in [0.4, 0.5) is 10.8 Å². The number of aromatic nitrogens is 1. The molecular formula is C18H17N3O3S. The number of amides is 2. The van der Waals surface area contributed by atoms with E-state index < -0.39 is 0 Å². The van der Waals surface area contributed by atoms with Crippen LogP contribution in [-0.4, -0.2) is 16.8 Å². The summed E-state index contributed by atoms with van der Waals surface area (Å²) < 4.78 is 5.05. The van der Waals surface area contributed by atoms with Crippen molar-refractivity contribution in [1.82, 2.24) is 4.98 Å². The number of anilines is 2. The molecule has 2 amide bonds. The van der Waals surface area contributed by atoms with Crippen LogP contribution < -0.4 is 10.6 Å². The van der Waals surface area contributed by atoms with Gasteiger partial charge in [-0.05, 0) is 30.7 Å². The summed E-state index contributed by atoms with van der Waals surface area (Å²) in [5.41, 5.74) is 2.41. The van der Waals surface area contributed by atoms with Gasteiger partial charge in [0.1, 0.15) is 0 Å². The van der Waals surface area contributed by atoms with Crippen molar-refractivity contribution in [2.45, 2.75) is 19.8 Å². The number of rotatable bonds is 6. The fourth-order valence-electron chi connectivity index (χ4n) is 2.21. The van der Waals surface area contributed by atoms with Crippen LogP contribution in [0.2, 0.25) is 0 Å². The van der Waals surface area contributed by atoms with Crippen LogP contribution in [-0.2, 0) is 4.79 Å². The second-order valence-corrected chi connectivity index (χ2v) is 6.20. The predicted molar refractivity (Wildman–Crippen MR) is 97.7 cm³/mol. The molecule has 2 N–H and O–H groups in total. The van der Waals surface area contributed by atoms with E-state index in [9.17, 15) is 9.59 Å². The van der Waals surface area contributed by atoms with Crippen molar-refractivity contribution in [1.29, 1.82) is 0 Å². The SMILES string of the molecule is CCCC(=O)Nc1ccc(-c2csc(NC(=O)c3ccco3)n2)cc1. The standard InChI is InChI=1S/C18H17N3O3S/c1-2-4-16(22)19-13-8-6-12(7-9-13)14-11-25-18(20-14)21-17(23)15-5-3-10-24-15/h3,5-11H,2,4H2,1H3,(H,19,22)(H,20,21,23). The highest BCUT2D eigenvalue weighted by molar-refractivity contribution is 7.14. The molecule has 0 spiro atoms. The zero-order chi connectivity index (χ0) is 17.6. The summed E-state index contributed by atoms with van der Waals surface area (Å²) in [6, 6.07) is 10.7. The number of nitrogens with zero attached hydrogens (tertiary/aromatic N) is 1. The van der Waals surface area contributed by atoms with Crippen LogP contribution in [0, 0.1) is 0 Å². The Morgan fingerprint density at radius 1 is 1.16 bits per heavy atom. The average molecular weight is 355 g/mol. The van der Waals surface area contributed by atoms with E-state index in [0.29, 0.717) is 11.6 Å². The largest absolute Gasteiger partial charge is 0.459 e. The second-order valence-electron chi connectivity index (χ2n) is 5.34. The lowest BCUT2D eigenvalue weighted by Crippen LogP contribution is -2.10. The van der Waals surface area contributed by atoms with Gasteiger partial charge in [0.15, 0.2) is 10.9 Å². The number of benzene rings is 1. The van der Waals surface area contributed by atoms with Gasteiger partial charge in [0.25, 0.3) is 5.91 Å². The Labute approximate surface area is 148 Å². The molecule has 3 aromatic rings. The topological polar surface area (TPSA) is 84.2 Å². The first-order valence-electron chi connectivity index (χ1n) is 7.86. The van der Waals surface area contributed by atoms with Gasteiger partial charge in [-0.25, -0.2) is 4.98 Å². The monoisotopic (exact) mass is 355 g/mol. The van der Waals surface area contributed by atoms with E-state index in [1.165, 1.54) is 17.6 Å². The molecule has 25 heavy (non-hydrogen) atoms. The molecule has 0 atom stereocenters. The first-order chi connectivity index (χ1) is 12.2. The summed E-state index contributed by atoms with van der Waals surface area (Å²) in [7, 11) is 0. The van der Waals surface area contributed by atoms with E-state index in [2.05, 4.69) is 15.6 Å². The van der Waals surface area contributed by atoms with Gasteiger partial charge in [0.05, 0.1) is 12.0 Å². The van der Waals surface area contributed by atoms with Gasteiger partial charge in [-0.2, -0.15) is 0 Å². The maximum absolute atomic E-state index is 11.9. The molecule has 6 nitrogen and oxygen atoms in total. The number of carbonyl (C=O) groups is 2.